The fourth-order valence-corrected chi connectivity index (χ4v) is 2.85. The molecule has 21 heavy (non-hydrogen) atoms. The number of hydrogen-bond donors (Lipinski definition) is 1. The lowest BCUT2D eigenvalue weighted by molar-refractivity contribution is 0.169. The first kappa shape index (κ1) is 14.4. The van der Waals surface area contributed by atoms with E-state index >= 15 is 0 Å². The summed E-state index contributed by atoms with van der Waals surface area (Å²) in [6.45, 7) is 2.67. The van der Waals surface area contributed by atoms with E-state index in [-0.39, 0.29) is 5.82 Å². The van der Waals surface area contributed by atoms with E-state index in [0.717, 1.165) is 4.47 Å². The van der Waals surface area contributed by atoms with E-state index < -0.39 is 6.10 Å². The maximum absolute atomic E-state index is 13.3. The fourth-order valence-electron chi connectivity index (χ4n) is 2.31. The van der Waals surface area contributed by atoms with E-state index in [4.69, 9.17) is 9.47 Å². The number of aryl methyl sites for hydroxylation is 1. The van der Waals surface area contributed by atoms with Crippen molar-refractivity contribution < 1.29 is 19.0 Å². The van der Waals surface area contributed by atoms with Crippen molar-refractivity contribution in [1.29, 1.82) is 0 Å². The zero-order valence-corrected chi connectivity index (χ0v) is 13.0. The van der Waals surface area contributed by atoms with Crippen LogP contribution in [0.15, 0.2) is 34.8 Å². The molecule has 0 saturated heterocycles. The van der Waals surface area contributed by atoms with Gasteiger partial charge in [0.2, 0.25) is 0 Å². The molecule has 1 unspecified atom stereocenters. The molecule has 0 spiro atoms. The lowest BCUT2D eigenvalue weighted by Gasteiger charge is -2.22. The van der Waals surface area contributed by atoms with Crippen molar-refractivity contribution in [2.45, 2.75) is 13.0 Å². The normalized spacial score (nSPS) is 14.9. The maximum atomic E-state index is 13.3. The Labute approximate surface area is 130 Å². The SMILES string of the molecule is Cc1cc(C(O)c2cc3c(cc2Br)OCCO3)ccc1F. The average Bonchev–Trinajstić information content (AvgIpc) is 2.48. The van der Waals surface area contributed by atoms with Crippen LogP contribution in [0.5, 0.6) is 11.5 Å². The minimum atomic E-state index is -0.866. The van der Waals surface area contributed by atoms with Gasteiger partial charge in [0.1, 0.15) is 25.1 Å². The molecule has 5 heteroatoms. The number of ether oxygens (including phenoxy) is 2. The molecular weight excluding hydrogens is 339 g/mol. The van der Waals surface area contributed by atoms with Crippen LogP contribution in [0, 0.1) is 12.7 Å². The summed E-state index contributed by atoms with van der Waals surface area (Å²) in [6, 6.07) is 8.12. The van der Waals surface area contributed by atoms with Gasteiger partial charge in [-0.1, -0.05) is 28.1 Å². The Morgan fingerprint density at radius 3 is 2.48 bits per heavy atom. The van der Waals surface area contributed by atoms with Gasteiger partial charge in [-0.2, -0.15) is 0 Å². The van der Waals surface area contributed by atoms with E-state index in [2.05, 4.69) is 15.9 Å². The second-order valence-electron chi connectivity index (χ2n) is 4.93. The second-order valence-corrected chi connectivity index (χ2v) is 5.78. The quantitative estimate of drug-likeness (QED) is 0.894. The van der Waals surface area contributed by atoms with Gasteiger partial charge >= 0.3 is 0 Å². The van der Waals surface area contributed by atoms with Crippen molar-refractivity contribution >= 4 is 15.9 Å². The lowest BCUT2D eigenvalue weighted by atomic mass is 9.99. The van der Waals surface area contributed by atoms with Crippen LogP contribution in [-0.4, -0.2) is 18.3 Å². The highest BCUT2D eigenvalue weighted by atomic mass is 79.9. The smallest absolute Gasteiger partial charge is 0.162 e. The van der Waals surface area contributed by atoms with Gasteiger partial charge in [-0.05, 0) is 36.2 Å². The Morgan fingerprint density at radius 2 is 1.81 bits per heavy atom. The zero-order chi connectivity index (χ0) is 15.0. The average molecular weight is 353 g/mol. The predicted octanol–water partition coefficient (Wildman–Crippen LogP) is 3.75. The number of aliphatic hydroxyl groups excluding tert-OH is 1. The van der Waals surface area contributed by atoms with Crippen LogP contribution in [0.4, 0.5) is 4.39 Å². The molecule has 0 aliphatic carbocycles. The maximum Gasteiger partial charge on any atom is 0.162 e. The van der Waals surface area contributed by atoms with Crippen LogP contribution in [0.3, 0.4) is 0 Å². The summed E-state index contributed by atoms with van der Waals surface area (Å²) < 4.78 is 25.1. The lowest BCUT2D eigenvalue weighted by Crippen LogP contribution is -2.16. The van der Waals surface area contributed by atoms with Gasteiger partial charge in [-0.25, -0.2) is 4.39 Å². The summed E-state index contributed by atoms with van der Waals surface area (Å²) in [5.74, 6) is 0.976. The zero-order valence-electron chi connectivity index (χ0n) is 11.4. The van der Waals surface area contributed by atoms with Gasteiger partial charge in [0, 0.05) is 10.0 Å². The number of halogens is 2. The highest BCUT2D eigenvalue weighted by Crippen LogP contribution is 2.39. The first-order chi connectivity index (χ1) is 10.1. The van der Waals surface area contributed by atoms with E-state index in [1.165, 1.54) is 6.07 Å². The first-order valence-electron chi connectivity index (χ1n) is 6.59. The van der Waals surface area contributed by atoms with Crippen molar-refractivity contribution in [3.8, 4) is 11.5 Å². The van der Waals surface area contributed by atoms with Gasteiger partial charge in [0.15, 0.2) is 11.5 Å². The molecule has 2 aromatic carbocycles. The summed E-state index contributed by atoms with van der Waals surface area (Å²) in [4.78, 5) is 0. The molecule has 0 fully saturated rings. The van der Waals surface area contributed by atoms with E-state index in [0.29, 0.717) is 41.4 Å². The molecule has 0 radical (unpaired) electrons. The number of rotatable bonds is 2. The predicted molar refractivity (Wildman–Crippen MR) is 80.3 cm³/mol. The summed E-state index contributed by atoms with van der Waals surface area (Å²) in [7, 11) is 0. The monoisotopic (exact) mass is 352 g/mol. The third-order valence-corrected chi connectivity index (χ3v) is 4.14. The molecule has 1 aliphatic heterocycles. The molecule has 0 aromatic heterocycles. The molecule has 1 atom stereocenters. The van der Waals surface area contributed by atoms with Gasteiger partial charge in [-0.3, -0.25) is 0 Å². The van der Waals surface area contributed by atoms with Gasteiger partial charge in [0.05, 0.1) is 0 Å². The minimum absolute atomic E-state index is 0.285. The van der Waals surface area contributed by atoms with Crippen LogP contribution in [0.1, 0.15) is 22.8 Å². The van der Waals surface area contributed by atoms with Crippen LogP contribution in [0.25, 0.3) is 0 Å². The van der Waals surface area contributed by atoms with Crippen molar-refractivity contribution in [3.05, 3.63) is 57.3 Å². The number of hydrogen-bond acceptors (Lipinski definition) is 3. The summed E-state index contributed by atoms with van der Waals surface area (Å²) >= 11 is 3.44. The Kier molecular flexibility index (Phi) is 3.87. The molecule has 0 amide bonds. The standard InChI is InChI=1S/C16H14BrFO3/c1-9-6-10(2-3-13(9)18)16(19)11-7-14-15(8-12(11)17)21-5-4-20-14/h2-3,6-8,16,19H,4-5H2,1H3. The molecule has 3 rings (SSSR count). The molecule has 2 aromatic rings. The molecule has 3 nitrogen and oxygen atoms in total. The molecule has 0 saturated carbocycles. The molecule has 1 heterocycles. The number of fused-ring (bicyclic) bond motifs is 1. The van der Waals surface area contributed by atoms with E-state index in [1.807, 2.05) is 0 Å². The molecule has 0 bridgehead atoms. The highest BCUT2D eigenvalue weighted by molar-refractivity contribution is 9.10. The Balaban J connectivity index is 2.00. The minimum Gasteiger partial charge on any atom is -0.486 e. The summed E-state index contributed by atoms with van der Waals surface area (Å²) in [5, 5.41) is 10.5. The molecular formula is C16H14BrFO3. The molecule has 110 valence electrons. The largest absolute Gasteiger partial charge is 0.486 e. The van der Waals surface area contributed by atoms with Crippen LogP contribution < -0.4 is 9.47 Å². The number of aliphatic hydroxyl groups is 1. The van der Waals surface area contributed by atoms with Gasteiger partial charge < -0.3 is 14.6 Å². The topological polar surface area (TPSA) is 38.7 Å². The third-order valence-electron chi connectivity index (χ3n) is 3.45. The van der Waals surface area contributed by atoms with Crippen LogP contribution in [-0.2, 0) is 0 Å². The second kappa shape index (κ2) is 5.66. The van der Waals surface area contributed by atoms with Gasteiger partial charge in [0.25, 0.3) is 0 Å². The van der Waals surface area contributed by atoms with Crippen LogP contribution >= 0.6 is 15.9 Å². The van der Waals surface area contributed by atoms with E-state index in [9.17, 15) is 9.50 Å². The number of benzene rings is 2. The Hall–Kier alpha value is -1.59. The molecule has 1 N–H and O–H groups in total. The molecule has 1 aliphatic rings. The highest BCUT2D eigenvalue weighted by Gasteiger charge is 2.20. The Morgan fingerprint density at radius 1 is 1.14 bits per heavy atom. The van der Waals surface area contributed by atoms with E-state index in [1.54, 1.807) is 31.2 Å². The van der Waals surface area contributed by atoms with Crippen molar-refractivity contribution in [1.82, 2.24) is 0 Å². The third kappa shape index (κ3) is 2.76. The Bertz CT molecular complexity index is 687. The summed E-state index contributed by atoms with van der Waals surface area (Å²) in [5.41, 5.74) is 1.79. The van der Waals surface area contributed by atoms with Crippen molar-refractivity contribution in [2.24, 2.45) is 0 Å². The fraction of sp³-hybridized carbons (Fsp3) is 0.250. The van der Waals surface area contributed by atoms with Crippen molar-refractivity contribution in [3.63, 3.8) is 0 Å². The van der Waals surface area contributed by atoms with Crippen LogP contribution in [0.2, 0.25) is 0 Å². The summed E-state index contributed by atoms with van der Waals surface area (Å²) in [6.07, 6.45) is -0.866. The van der Waals surface area contributed by atoms with Crippen molar-refractivity contribution in [2.75, 3.05) is 13.2 Å². The van der Waals surface area contributed by atoms with Gasteiger partial charge in [-0.15, -0.1) is 0 Å². The first-order valence-corrected chi connectivity index (χ1v) is 7.38.